The predicted molar refractivity (Wildman–Crippen MR) is 64.3 cm³/mol. The molecule has 0 saturated carbocycles. The van der Waals surface area contributed by atoms with Gasteiger partial charge in [-0.05, 0) is 25.3 Å². The predicted octanol–water partition coefficient (Wildman–Crippen LogP) is 2.36. The van der Waals surface area contributed by atoms with Gasteiger partial charge in [0.15, 0.2) is 6.61 Å². The molecular formula is C10H15ClF3N3O2. The second-order valence-corrected chi connectivity index (χ2v) is 3.74. The second kappa shape index (κ2) is 7.88. The molecule has 0 unspecified atom stereocenters. The van der Waals surface area contributed by atoms with Crippen LogP contribution in [0.2, 0.25) is 0 Å². The summed E-state index contributed by atoms with van der Waals surface area (Å²) >= 11 is 0. The largest absolute Gasteiger partial charge is 0.440 e. The Labute approximate surface area is 114 Å². The van der Waals surface area contributed by atoms with E-state index in [0.717, 1.165) is 11.3 Å². The molecule has 0 aliphatic rings. The van der Waals surface area contributed by atoms with Gasteiger partial charge in [0, 0.05) is 12.2 Å². The number of nitrogens with zero attached hydrogens (tertiary/aromatic N) is 1. The van der Waals surface area contributed by atoms with Gasteiger partial charge in [-0.2, -0.15) is 18.3 Å². The minimum absolute atomic E-state index is 0. The first-order valence-electron chi connectivity index (χ1n) is 5.35. The van der Waals surface area contributed by atoms with Crippen LogP contribution in [0.3, 0.4) is 0 Å². The van der Waals surface area contributed by atoms with Gasteiger partial charge in [0.2, 0.25) is 0 Å². The molecule has 1 aromatic rings. The van der Waals surface area contributed by atoms with E-state index in [2.05, 4.69) is 20.3 Å². The Balaban J connectivity index is 0.00000324. The van der Waals surface area contributed by atoms with Gasteiger partial charge in [0.25, 0.3) is 0 Å². The van der Waals surface area contributed by atoms with E-state index in [1.54, 1.807) is 6.20 Å². The molecule has 110 valence electrons. The Hall–Kier alpha value is -1.44. The number of rotatable bonds is 5. The van der Waals surface area contributed by atoms with Crippen LogP contribution in [-0.2, 0) is 11.2 Å². The average Bonchev–Trinajstić information content (AvgIpc) is 2.67. The van der Waals surface area contributed by atoms with Crippen molar-refractivity contribution in [1.82, 2.24) is 15.5 Å². The zero-order chi connectivity index (χ0) is 13.6. The fraction of sp³-hybridized carbons (Fsp3) is 0.600. The van der Waals surface area contributed by atoms with Crippen LogP contribution in [0.4, 0.5) is 18.0 Å². The van der Waals surface area contributed by atoms with Crippen molar-refractivity contribution in [1.29, 1.82) is 0 Å². The number of aromatic nitrogens is 2. The van der Waals surface area contributed by atoms with E-state index < -0.39 is 18.9 Å². The standard InChI is InChI=1S/C10H14F3N3O2.ClH/c1-7-8(5-15-16-7)3-2-4-14-9(17)18-6-10(11,12)13;/h5H,2-4,6H2,1H3,(H,14,17)(H,15,16);1H. The topological polar surface area (TPSA) is 67.0 Å². The Bertz CT molecular complexity index is 396. The van der Waals surface area contributed by atoms with Crippen LogP contribution in [0.15, 0.2) is 6.20 Å². The maximum atomic E-state index is 11.7. The molecular weight excluding hydrogens is 287 g/mol. The Morgan fingerprint density at radius 1 is 1.53 bits per heavy atom. The number of alkyl carbamates (subject to hydrolysis) is 1. The number of aromatic amines is 1. The molecule has 19 heavy (non-hydrogen) atoms. The zero-order valence-corrected chi connectivity index (χ0v) is 11.0. The summed E-state index contributed by atoms with van der Waals surface area (Å²) in [7, 11) is 0. The number of halogens is 4. The number of amides is 1. The number of carbonyl (C=O) groups is 1. The number of carbonyl (C=O) groups excluding carboxylic acids is 1. The van der Waals surface area contributed by atoms with E-state index in [0.29, 0.717) is 12.8 Å². The highest BCUT2D eigenvalue weighted by Gasteiger charge is 2.29. The van der Waals surface area contributed by atoms with Gasteiger partial charge in [-0.3, -0.25) is 5.10 Å². The summed E-state index contributed by atoms with van der Waals surface area (Å²) < 4.78 is 39.1. The van der Waals surface area contributed by atoms with Gasteiger partial charge in [0.05, 0.1) is 6.20 Å². The zero-order valence-electron chi connectivity index (χ0n) is 10.2. The van der Waals surface area contributed by atoms with Crippen molar-refractivity contribution in [2.75, 3.05) is 13.2 Å². The molecule has 1 rings (SSSR count). The molecule has 0 radical (unpaired) electrons. The van der Waals surface area contributed by atoms with Crippen LogP contribution in [-0.4, -0.2) is 35.6 Å². The summed E-state index contributed by atoms with van der Waals surface area (Å²) in [5.41, 5.74) is 1.95. The third-order valence-electron chi connectivity index (χ3n) is 2.19. The van der Waals surface area contributed by atoms with E-state index in [4.69, 9.17) is 0 Å². The van der Waals surface area contributed by atoms with Crippen LogP contribution in [0, 0.1) is 6.92 Å². The first kappa shape index (κ1) is 17.6. The normalized spacial score (nSPS) is 10.7. The molecule has 1 heterocycles. The molecule has 0 saturated heterocycles. The molecule has 0 aromatic carbocycles. The smallest absolute Gasteiger partial charge is 0.422 e. The molecule has 5 nitrogen and oxygen atoms in total. The van der Waals surface area contributed by atoms with E-state index in [1.807, 2.05) is 6.92 Å². The van der Waals surface area contributed by atoms with Crippen molar-refractivity contribution in [3.63, 3.8) is 0 Å². The second-order valence-electron chi connectivity index (χ2n) is 3.74. The maximum Gasteiger partial charge on any atom is 0.422 e. The molecule has 0 aliphatic carbocycles. The van der Waals surface area contributed by atoms with Crippen LogP contribution in [0.25, 0.3) is 0 Å². The van der Waals surface area contributed by atoms with Crippen molar-refractivity contribution < 1.29 is 22.7 Å². The molecule has 1 aromatic heterocycles. The molecule has 0 atom stereocenters. The van der Waals surface area contributed by atoms with Gasteiger partial charge in [0.1, 0.15) is 0 Å². The van der Waals surface area contributed by atoms with Crippen molar-refractivity contribution in [2.24, 2.45) is 0 Å². The lowest BCUT2D eigenvalue weighted by atomic mass is 10.1. The summed E-state index contributed by atoms with van der Waals surface area (Å²) in [5.74, 6) is 0. The van der Waals surface area contributed by atoms with Crippen molar-refractivity contribution in [3.8, 4) is 0 Å². The number of alkyl halides is 3. The van der Waals surface area contributed by atoms with Crippen molar-refractivity contribution in [3.05, 3.63) is 17.5 Å². The SMILES string of the molecule is Cc1[nH]ncc1CCCNC(=O)OCC(F)(F)F.Cl. The van der Waals surface area contributed by atoms with E-state index in [9.17, 15) is 18.0 Å². The molecule has 0 spiro atoms. The third-order valence-corrected chi connectivity index (χ3v) is 2.19. The monoisotopic (exact) mass is 301 g/mol. The van der Waals surface area contributed by atoms with Gasteiger partial charge in [-0.25, -0.2) is 4.79 Å². The lowest BCUT2D eigenvalue weighted by Gasteiger charge is -2.08. The molecule has 0 aliphatic heterocycles. The van der Waals surface area contributed by atoms with Crippen molar-refractivity contribution in [2.45, 2.75) is 25.9 Å². The quantitative estimate of drug-likeness (QED) is 0.821. The minimum Gasteiger partial charge on any atom is -0.440 e. The Kier molecular flexibility index (Phi) is 7.28. The highest BCUT2D eigenvalue weighted by Crippen LogP contribution is 2.14. The first-order chi connectivity index (χ1) is 8.38. The summed E-state index contributed by atoms with van der Waals surface area (Å²) in [4.78, 5) is 10.9. The fourth-order valence-electron chi connectivity index (χ4n) is 1.30. The van der Waals surface area contributed by atoms with Crippen LogP contribution in [0.1, 0.15) is 17.7 Å². The van der Waals surface area contributed by atoms with Crippen LogP contribution in [0.5, 0.6) is 0 Å². The average molecular weight is 302 g/mol. The number of nitrogens with one attached hydrogen (secondary N) is 2. The van der Waals surface area contributed by atoms with Crippen molar-refractivity contribution >= 4 is 18.5 Å². The number of aryl methyl sites for hydroxylation is 2. The molecule has 0 bridgehead atoms. The Morgan fingerprint density at radius 2 is 2.21 bits per heavy atom. The molecule has 0 fully saturated rings. The number of ether oxygens (including phenoxy) is 1. The molecule has 1 amide bonds. The molecule has 9 heteroatoms. The van der Waals surface area contributed by atoms with Gasteiger partial charge < -0.3 is 10.1 Å². The highest BCUT2D eigenvalue weighted by atomic mass is 35.5. The highest BCUT2D eigenvalue weighted by molar-refractivity contribution is 5.85. The minimum atomic E-state index is -4.49. The summed E-state index contributed by atoms with van der Waals surface area (Å²) in [6.07, 6.45) is -2.59. The number of H-pyrrole nitrogens is 1. The van der Waals surface area contributed by atoms with E-state index >= 15 is 0 Å². The number of hydrogen-bond donors (Lipinski definition) is 2. The summed E-state index contributed by atoms with van der Waals surface area (Å²) in [5, 5.41) is 8.84. The van der Waals surface area contributed by atoms with E-state index in [1.165, 1.54) is 0 Å². The first-order valence-corrected chi connectivity index (χ1v) is 5.35. The third kappa shape index (κ3) is 7.55. The summed E-state index contributed by atoms with van der Waals surface area (Å²) in [6.45, 7) is 0.550. The number of hydrogen-bond acceptors (Lipinski definition) is 3. The Morgan fingerprint density at radius 3 is 2.74 bits per heavy atom. The van der Waals surface area contributed by atoms with E-state index in [-0.39, 0.29) is 19.0 Å². The fourth-order valence-corrected chi connectivity index (χ4v) is 1.30. The lowest BCUT2D eigenvalue weighted by molar-refractivity contribution is -0.160. The lowest BCUT2D eigenvalue weighted by Crippen LogP contribution is -2.29. The van der Waals surface area contributed by atoms with Crippen LogP contribution >= 0.6 is 12.4 Å². The van der Waals surface area contributed by atoms with Crippen LogP contribution < -0.4 is 5.32 Å². The van der Waals surface area contributed by atoms with Gasteiger partial charge in [-0.1, -0.05) is 0 Å². The molecule has 2 N–H and O–H groups in total. The van der Waals surface area contributed by atoms with Gasteiger partial charge in [-0.15, -0.1) is 12.4 Å². The maximum absolute atomic E-state index is 11.7. The summed E-state index contributed by atoms with van der Waals surface area (Å²) in [6, 6.07) is 0. The van der Waals surface area contributed by atoms with Gasteiger partial charge >= 0.3 is 12.3 Å².